The monoisotopic (exact) mass is 402 g/mol. The molecule has 4 nitrogen and oxygen atoms in total. The average Bonchev–Trinajstić information content (AvgIpc) is 3.03. The molecule has 0 bridgehead atoms. The van der Waals surface area contributed by atoms with Crippen molar-refractivity contribution in [3.05, 3.63) is 18.2 Å². The van der Waals surface area contributed by atoms with E-state index in [4.69, 9.17) is 3.07 Å². The molecule has 1 aromatic rings. The number of nitrogens with one attached hydrogen (secondary N) is 1. The van der Waals surface area contributed by atoms with Gasteiger partial charge in [-0.3, -0.25) is 0 Å². The molecular weight excluding hydrogens is 371 g/mol. The topological polar surface area (TPSA) is 55.0 Å². The summed E-state index contributed by atoms with van der Waals surface area (Å²) < 4.78 is 9.66. The van der Waals surface area contributed by atoms with Crippen LogP contribution in [0.4, 0.5) is 0 Å². The Bertz CT molecular complexity index is 371. The van der Waals surface area contributed by atoms with Crippen molar-refractivity contribution in [2.24, 2.45) is 0 Å². The predicted molar refractivity (Wildman–Crippen MR) is 88.9 cm³/mol. The van der Waals surface area contributed by atoms with Gasteiger partial charge in [-0.15, -0.1) is 0 Å². The summed E-state index contributed by atoms with van der Waals surface area (Å²) >= 11 is -2.84. The third-order valence-electron chi connectivity index (χ3n) is 3.96. The molecule has 0 amide bonds. The van der Waals surface area contributed by atoms with Crippen molar-refractivity contribution in [2.75, 3.05) is 0 Å². The average molecular weight is 401 g/mol. The van der Waals surface area contributed by atoms with Crippen molar-refractivity contribution in [1.29, 1.82) is 0 Å². The Morgan fingerprint density at radius 3 is 2.00 bits per heavy atom. The van der Waals surface area contributed by atoms with E-state index in [-0.39, 0.29) is 5.97 Å². The molecule has 1 N–H and O–H groups in total. The summed E-state index contributed by atoms with van der Waals surface area (Å²) in [6.45, 7) is 6.64. The maximum absolute atomic E-state index is 12.3. The second-order valence-electron chi connectivity index (χ2n) is 5.82. The summed E-state index contributed by atoms with van der Waals surface area (Å²) in [6, 6.07) is 0. The van der Waals surface area contributed by atoms with Crippen LogP contribution < -0.4 is 0 Å². The Morgan fingerprint density at radius 1 is 1.10 bits per heavy atom. The van der Waals surface area contributed by atoms with Crippen molar-refractivity contribution in [3.8, 4) is 0 Å². The van der Waals surface area contributed by atoms with Crippen molar-refractivity contribution in [2.45, 2.75) is 72.6 Å². The van der Waals surface area contributed by atoms with Gasteiger partial charge in [0.05, 0.1) is 0 Å². The molecule has 1 aromatic heterocycles. The van der Waals surface area contributed by atoms with E-state index < -0.39 is 18.8 Å². The van der Waals surface area contributed by atoms with Gasteiger partial charge in [-0.2, -0.15) is 0 Å². The Labute approximate surface area is 133 Å². The van der Waals surface area contributed by atoms with Gasteiger partial charge in [-0.1, -0.05) is 0 Å². The van der Waals surface area contributed by atoms with Crippen LogP contribution in [-0.2, 0) is 3.07 Å². The Morgan fingerprint density at radius 2 is 1.62 bits per heavy atom. The van der Waals surface area contributed by atoms with Gasteiger partial charge in [0.15, 0.2) is 0 Å². The van der Waals surface area contributed by atoms with E-state index in [2.05, 4.69) is 30.7 Å². The molecule has 0 spiro atoms. The fourth-order valence-corrected chi connectivity index (χ4v) is 15.6. The summed E-state index contributed by atoms with van der Waals surface area (Å²) in [7, 11) is 0. The first kappa shape index (κ1) is 18.5. The Balaban J connectivity index is 2.81. The first-order valence-corrected chi connectivity index (χ1v) is 15.6. The van der Waals surface area contributed by atoms with Crippen LogP contribution in [0.3, 0.4) is 0 Å². The van der Waals surface area contributed by atoms with E-state index in [0.717, 1.165) is 13.3 Å². The first-order valence-electron chi connectivity index (χ1n) is 8.40. The molecule has 0 saturated heterocycles. The number of aromatic amines is 1. The number of hydrogen-bond donors (Lipinski definition) is 1. The summed E-state index contributed by atoms with van der Waals surface area (Å²) in [4.78, 5) is 19.3. The molecule has 1 rings (SSSR count). The number of carbonyl (C=O) groups is 1. The third kappa shape index (κ3) is 6.41. The van der Waals surface area contributed by atoms with Gasteiger partial charge in [0.2, 0.25) is 0 Å². The zero-order chi connectivity index (χ0) is 15.6. The van der Waals surface area contributed by atoms with E-state index in [0.29, 0.717) is 5.82 Å². The number of carbonyl (C=O) groups excluding carboxylic acids is 1. The number of imidazole rings is 1. The van der Waals surface area contributed by atoms with E-state index in [1.165, 1.54) is 38.5 Å². The molecule has 1 heterocycles. The first-order chi connectivity index (χ1) is 10.2. The fourth-order valence-electron chi connectivity index (χ4n) is 2.65. The van der Waals surface area contributed by atoms with E-state index in [1.807, 2.05) is 0 Å². The van der Waals surface area contributed by atoms with Gasteiger partial charge in [0.25, 0.3) is 0 Å². The standard InChI is InChI=1S/C4H4N2O2.3C4H9.Sn/c7-4(8)3-5-1-2-6-3;3*1-3-4-2;/h1-2H,(H,5,6)(H,7,8);3*1,3-4H2,2H3;/q;;;;+1/p-1. The van der Waals surface area contributed by atoms with E-state index in [9.17, 15) is 4.79 Å². The summed E-state index contributed by atoms with van der Waals surface area (Å²) in [6.07, 6.45) is 10.4. The molecule has 0 aliphatic heterocycles. The summed E-state index contributed by atoms with van der Waals surface area (Å²) in [5.41, 5.74) is 0. The number of nitrogens with zero attached hydrogens (tertiary/aromatic N) is 1. The quantitative estimate of drug-likeness (QED) is 0.536. The van der Waals surface area contributed by atoms with Crippen LogP contribution in [0.2, 0.25) is 13.3 Å². The van der Waals surface area contributed by atoms with E-state index in [1.54, 1.807) is 12.4 Å². The van der Waals surface area contributed by atoms with Gasteiger partial charge < -0.3 is 0 Å². The molecule has 120 valence electrons. The molecule has 0 aromatic carbocycles. The van der Waals surface area contributed by atoms with Crippen LogP contribution in [0.5, 0.6) is 0 Å². The Hall–Kier alpha value is -0.521. The zero-order valence-corrected chi connectivity index (χ0v) is 16.6. The third-order valence-corrected chi connectivity index (χ3v) is 16.6. The summed E-state index contributed by atoms with van der Waals surface area (Å²) in [5, 5.41) is 0. The van der Waals surface area contributed by atoms with Crippen molar-refractivity contribution < 1.29 is 7.87 Å². The number of hydrogen-bond acceptors (Lipinski definition) is 3. The van der Waals surface area contributed by atoms with Crippen LogP contribution in [-0.4, -0.2) is 34.7 Å². The number of unbranched alkanes of at least 4 members (excludes halogenated alkanes) is 3. The SMILES string of the molecule is CCC[CH2][Sn]([CH2]CCC)([CH2]CCC)[O]C(=O)c1ncc[nH]1. The van der Waals surface area contributed by atoms with Gasteiger partial charge in [-0.05, 0) is 0 Å². The minimum atomic E-state index is -2.84. The van der Waals surface area contributed by atoms with Gasteiger partial charge in [-0.25, -0.2) is 0 Å². The van der Waals surface area contributed by atoms with Crippen molar-refractivity contribution in [1.82, 2.24) is 9.97 Å². The number of H-pyrrole nitrogens is 1. The maximum atomic E-state index is 12.3. The molecule has 0 radical (unpaired) electrons. The molecule has 0 fully saturated rings. The van der Waals surface area contributed by atoms with Crippen molar-refractivity contribution >= 4 is 24.8 Å². The molecular formula is C16H30N2O2Sn. The zero-order valence-electron chi connectivity index (χ0n) is 13.8. The molecule has 0 saturated carbocycles. The van der Waals surface area contributed by atoms with Gasteiger partial charge in [0, 0.05) is 0 Å². The molecule has 0 aliphatic rings. The second-order valence-corrected chi connectivity index (χ2v) is 17.4. The van der Waals surface area contributed by atoms with Crippen LogP contribution in [0, 0.1) is 0 Å². The molecule has 5 heteroatoms. The van der Waals surface area contributed by atoms with Crippen LogP contribution in [0.15, 0.2) is 12.4 Å². The van der Waals surface area contributed by atoms with Crippen LogP contribution in [0.25, 0.3) is 0 Å². The van der Waals surface area contributed by atoms with Crippen LogP contribution >= 0.6 is 0 Å². The van der Waals surface area contributed by atoms with Gasteiger partial charge >= 0.3 is 133 Å². The fraction of sp³-hybridized carbons (Fsp3) is 0.750. The van der Waals surface area contributed by atoms with Gasteiger partial charge in [0.1, 0.15) is 0 Å². The van der Waals surface area contributed by atoms with E-state index >= 15 is 0 Å². The van der Waals surface area contributed by atoms with Crippen LogP contribution in [0.1, 0.15) is 69.9 Å². The second kappa shape index (κ2) is 10.2. The Kier molecular flexibility index (Phi) is 9.04. The minimum absolute atomic E-state index is 0.223. The normalized spacial score (nSPS) is 11.6. The summed E-state index contributed by atoms with van der Waals surface area (Å²) in [5.74, 6) is 0.139. The molecule has 0 aliphatic carbocycles. The number of rotatable bonds is 11. The predicted octanol–water partition coefficient (Wildman–Crippen LogP) is 4.91. The number of aromatic nitrogens is 2. The molecule has 0 unspecified atom stereocenters. The molecule has 21 heavy (non-hydrogen) atoms. The molecule has 0 atom stereocenters. The van der Waals surface area contributed by atoms with Crippen molar-refractivity contribution in [3.63, 3.8) is 0 Å².